The van der Waals surface area contributed by atoms with Crippen LogP contribution in [0.3, 0.4) is 0 Å². The fourth-order valence-corrected chi connectivity index (χ4v) is 3.73. The molecule has 1 amide bonds. The number of benzene rings is 1. The molecule has 3 N–H and O–H groups in total. The molecule has 0 bridgehead atoms. The summed E-state index contributed by atoms with van der Waals surface area (Å²) in [4.78, 5) is 14.5. The Balaban J connectivity index is 1.81. The van der Waals surface area contributed by atoms with Crippen molar-refractivity contribution in [3.05, 3.63) is 23.8 Å². The molecule has 1 aromatic carbocycles. The average molecular weight is 291 g/mol. The van der Waals surface area contributed by atoms with Gasteiger partial charge < -0.3 is 20.2 Å². The van der Waals surface area contributed by atoms with Crippen molar-refractivity contribution in [1.82, 2.24) is 4.90 Å². The number of amides is 1. The summed E-state index contributed by atoms with van der Waals surface area (Å²) in [5.41, 5.74) is 0.379. The number of likely N-dealkylation sites (tertiary alicyclic amines) is 1. The molecule has 3 rings (SSSR count). The predicted octanol–water partition coefficient (Wildman–Crippen LogP) is 1.86. The smallest absolute Gasteiger partial charge is 0.254 e. The molecule has 5 heteroatoms. The summed E-state index contributed by atoms with van der Waals surface area (Å²) in [6.07, 6.45) is 4.38. The molecular weight excluding hydrogens is 270 g/mol. The van der Waals surface area contributed by atoms with Crippen molar-refractivity contribution in [2.75, 3.05) is 6.54 Å². The van der Waals surface area contributed by atoms with Gasteiger partial charge in [0, 0.05) is 24.1 Å². The summed E-state index contributed by atoms with van der Waals surface area (Å²) in [5, 5.41) is 29.0. The van der Waals surface area contributed by atoms with E-state index in [1.54, 1.807) is 0 Å². The molecule has 3 atom stereocenters. The molecule has 1 heterocycles. The number of carbonyl (C=O) groups excluding carboxylic acids is 1. The maximum atomic E-state index is 12.6. The molecule has 3 unspecified atom stereocenters. The van der Waals surface area contributed by atoms with Crippen LogP contribution in [0.25, 0.3) is 0 Å². The van der Waals surface area contributed by atoms with Crippen LogP contribution in [0, 0.1) is 5.92 Å². The first-order valence-corrected chi connectivity index (χ1v) is 7.59. The highest BCUT2D eigenvalue weighted by molar-refractivity contribution is 5.95. The van der Waals surface area contributed by atoms with E-state index >= 15 is 0 Å². The van der Waals surface area contributed by atoms with Crippen molar-refractivity contribution in [2.45, 2.75) is 44.2 Å². The van der Waals surface area contributed by atoms with E-state index in [1.807, 2.05) is 4.90 Å². The second-order valence-corrected chi connectivity index (χ2v) is 6.07. The van der Waals surface area contributed by atoms with Crippen molar-refractivity contribution < 1.29 is 20.1 Å². The number of phenolic OH excluding ortho intramolecular Hbond substituents is 2. The van der Waals surface area contributed by atoms with E-state index in [1.165, 1.54) is 18.2 Å². The number of rotatable bonds is 2. The Morgan fingerprint density at radius 3 is 2.57 bits per heavy atom. The maximum absolute atomic E-state index is 12.6. The van der Waals surface area contributed by atoms with Gasteiger partial charge in [-0.05, 0) is 43.9 Å². The summed E-state index contributed by atoms with van der Waals surface area (Å²) in [5.74, 6) is -0.470. The van der Waals surface area contributed by atoms with Gasteiger partial charge in [0.2, 0.25) is 0 Å². The summed E-state index contributed by atoms with van der Waals surface area (Å²) in [7, 11) is 0. The molecule has 0 radical (unpaired) electrons. The van der Waals surface area contributed by atoms with Gasteiger partial charge in [-0.15, -0.1) is 0 Å². The molecule has 114 valence electrons. The number of aliphatic hydroxyl groups excluding tert-OH is 1. The van der Waals surface area contributed by atoms with Crippen molar-refractivity contribution in [2.24, 2.45) is 5.92 Å². The summed E-state index contributed by atoms with van der Waals surface area (Å²) in [6.45, 7) is 0.689. The SMILES string of the molecule is O=C(c1ccc(O)c(O)c1)N1CCCC1C1CCCC1O. The number of hydrogen-bond acceptors (Lipinski definition) is 4. The van der Waals surface area contributed by atoms with Crippen LogP contribution in [0.4, 0.5) is 0 Å². The van der Waals surface area contributed by atoms with E-state index in [2.05, 4.69) is 0 Å². The van der Waals surface area contributed by atoms with Crippen LogP contribution in [0.5, 0.6) is 11.5 Å². The third kappa shape index (κ3) is 2.58. The summed E-state index contributed by atoms with van der Waals surface area (Å²) in [6, 6.07) is 4.25. The van der Waals surface area contributed by atoms with Gasteiger partial charge in [0.1, 0.15) is 0 Å². The standard InChI is InChI=1S/C16H21NO4/c18-13-5-1-3-11(13)12-4-2-8-17(12)16(21)10-6-7-14(19)15(20)9-10/h6-7,9,11-13,18-20H,1-5,8H2. The van der Waals surface area contributed by atoms with E-state index in [0.29, 0.717) is 12.1 Å². The molecule has 5 nitrogen and oxygen atoms in total. The number of phenols is 2. The predicted molar refractivity (Wildman–Crippen MR) is 77.2 cm³/mol. The molecular formula is C16H21NO4. The minimum Gasteiger partial charge on any atom is -0.504 e. The number of nitrogens with zero attached hydrogens (tertiary/aromatic N) is 1. The maximum Gasteiger partial charge on any atom is 0.254 e. The number of carbonyl (C=O) groups is 1. The third-order valence-corrected chi connectivity index (χ3v) is 4.81. The Morgan fingerprint density at radius 2 is 1.90 bits per heavy atom. The lowest BCUT2D eigenvalue weighted by Crippen LogP contribution is -2.42. The first-order valence-electron chi connectivity index (χ1n) is 7.59. The number of aromatic hydroxyl groups is 2. The largest absolute Gasteiger partial charge is 0.504 e. The fourth-order valence-electron chi connectivity index (χ4n) is 3.73. The van der Waals surface area contributed by atoms with Gasteiger partial charge in [0.25, 0.3) is 5.91 Å². The first kappa shape index (κ1) is 14.2. The van der Waals surface area contributed by atoms with E-state index in [-0.39, 0.29) is 35.5 Å². The molecule has 2 fully saturated rings. The number of hydrogen-bond donors (Lipinski definition) is 3. The molecule has 0 spiro atoms. The van der Waals surface area contributed by atoms with Crippen LogP contribution >= 0.6 is 0 Å². The lowest BCUT2D eigenvalue weighted by atomic mass is 9.93. The van der Waals surface area contributed by atoms with Gasteiger partial charge in [-0.25, -0.2) is 0 Å². The van der Waals surface area contributed by atoms with E-state index in [4.69, 9.17) is 0 Å². The Labute approximate surface area is 123 Å². The van der Waals surface area contributed by atoms with Crippen molar-refractivity contribution in [1.29, 1.82) is 0 Å². The zero-order valence-corrected chi connectivity index (χ0v) is 11.9. The second kappa shape index (κ2) is 5.56. The molecule has 21 heavy (non-hydrogen) atoms. The zero-order chi connectivity index (χ0) is 15.0. The Morgan fingerprint density at radius 1 is 1.10 bits per heavy atom. The highest BCUT2D eigenvalue weighted by Gasteiger charge is 2.40. The van der Waals surface area contributed by atoms with Crippen LogP contribution in [0.15, 0.2) is 18.2 Å². The van der Waals surface area contributed by atoms with Crippen LogP contribution in [0.1, 0.15) is 42.5 Å². The highest BCUT2D eigenvalue weighted by Crippen LogP contribution is 2.36. The lowest BCUT2D eigenvalue weighted by molar-refractivity contribution is 0.0527. The van der Waals surface area contributed by atoms with E-state index in [9.17, 15) is 20.1 Å². The first-order chi connectivity index (χ1) is 10.1. The normalized spacial score (nSPS) is 29.0. The highest BCUT2D eigenvalue weighted by atomic mass is 16.3. The zero-order valence-electron chi connectivity index (χ0n) is 11.9. The molecule has 0 aromatic heterocycles. The molecule has 1 saturated carbocycles. The van der Waals surface area contributed by atoms with Gasteiger partial charge in [-0.3, -0.25) is 4.79 Å². The Kier molecular flexibility index (Phi) is 3.76. The second-order valence-electron chi connectivity index (χ2n) is 6.07. The van der Waals surface area contributed by atoms with Gasteiger partial charge in [-0.1, -0.05) is 6.42 Å². The minimum absolute atomic E-state index is 0.0888. The van der Waals surface area contributed by atoms with Crippen molar-refractivity contribution >= 4 is 5.91 Å². The summed E-state index contributed by atoms with van der Waals surface area (Å²) >= 11 is 0. The Hall–Kier alpha value is -1.75. The van der Waals surface area contributed by atoms with Crippen LogP contribution in [-0.4, -0.2) is 44.8 Å². The molecule has 1 aromatic rings. The van der Waals surface area contributed by atoms with Crippen LogP contribution < -0.4 is 0 Å². The van der Waals surface area contributed by atoms with Gasteiger partial charge >= 0.3 is 0 Å². The van der Waals surface area contributed by atoms with Gasteiger partial charge in [0.05, 0.1) is 6.10 Å². The quantitative estimate of drug-likeness (QED) is 0.727. The average Bonchev–Trinajstić information content (AvgIpc) is 3.09. The fraction of sp³-hybridized carbons (Fsp3) is 0.562. The minimum atomic E-state index is -0.309. The van der Waals surface area contributed by atoms with Crippen molar-refractivity contribution in [3.8, 4) is 11.5 Å². The topological polar surface area (TPSA) is 81.0 Å². The van der Waals surface area contributed by atoms with E-state index < -0.39 is 0 Å². The Bertz CT molecular complexity index is 545. The van der Waals surface area contributed by atoms with Crippen LogP contribution in [-0.2, 0) is 0 Å². The number of aliphatic hydroxyl groups is 1. The third-order valence-electron chi connectivity index (χ3n) is 4.81. The van der Waals surface area contributed by atoms with Gasteiger partial charge in [0.15, 0.2) is 11.5 Å². The summed E-state index contributed by atoms with van der Waals surface area (Å²) < 4.78 is 0. The molecule has 1 aliphatic carbocycles. The van der Waals surface area contributed by atoms with Crippen LogP contribution in [0.2, 0.25) is 0 Å². The molecule has 1 aliphatic heterocycles. The molecule has 1 saturated heterocycles. The monoisotopic (exact) mass is 291 g/mol. The lowest BCUT2D eigenvalue weighted by Gasteiger charge is -2.31. The van der Waals surface area contributed by atoms with Gasteiger partial charge in [-0.2, -0.15) is 0 Å². The van der Waals surface area contributed by atoms with Crippen molar-refractivity contribution in [3.63, 3.8) is 0 Å². The van der Waals surface area contributed by atoms with E-state index in [0.717, 1.165) is 32.1 Å². The molecule has 2 aliphatic rings.